The third-order valence-corrected chi connectivity index (χ3v) is 6.13. The summed E-state index contributed by atoms with van der Waals surface area (Å²) >= 11 is 13.3. The Hall–Kier alpha value is -2.01. The third-order valence-electron chi connectivity index (χ3n) is 3.56. The van der Waals surface area contributed by atoms with E-state index in [1.54, 1.807) is 37.4 Å². The van der Waals surface area contributed by atoms with Gasteiger partial charge in [-0.25, -0.2) is 0 Å². The molecule has 1 aromatic carbocycles. The second kappa shape index (κ2) is 9.46. The SMILES string of the molecule is CN1C(=O)/C(=C/c2ccc(OCC(=O)Nc3nnc(CCCl)s3)cc2)SC1=S. The molecule has 2 amide bonds. The molecule has 0 saturated carbocycles. The molecule has 0 bridgehead atoms. The number of aromatic nitrogens is 2. The Morgan fingerprint density at radius 3 is 2.75 bits per heavy atom. The number of amides is 2. The highest BCUT2D eigenvalue weighted by molar-refractivity contribution is 8.26. The number of aryl methyl sites for hydroxylation is 1. The minimum atomic E-state index is -0.329. The molecule has 1 fully saturated rings. The molecule has 1 aliphatic rings. The Labute approximate surface area is 180 Å². The number of hydrogen-bond donors (Lipinski definition) is 1. The Balaban J connectivity index is 1.52. The molecule has 28 heavy (non-hydrogen) atoms. The predicted octanol–water partition coefficient (Wildman–Crippen LogP) is 3.17. The molecule has 3 rings (SSSR count). The number of halogens is 1. The lowest BCUT2D eigenvalue weighted by molar-refractivity contribution is -0.121. The molecule has 1 N–H and O–H groups in total. The van der Waals surface area contributed by atoms with E-state index in [0.717, 1.165) is 10.6 Å². The number of benzene rings is 1. The first-order chi connectivity index (χ1) is 13.5. The molecule has 2 heterocycles. The number of carbonyl (C=O) groups excluding carboxylic acids is 2. The second-order valence-corrected chi connectivity index (χ2v) is 8.70. The summed E-state index contributed by atoms with van der Waals surface area (Å²) in [6, 6.07) is 7.07. The normalized spacial score (nSPS) is 15.4. The quantitative estimate of drug-likeness (QED) is 0.390. The Bertz CT molecular complexity index is 930. The predicted molar refractivity (Wildman–Crippen MR) is 116 cm³/mol. The maximum atomic E-state index is 12.0. The molecule has 0 radical (unpaired) electrons. The van der Waals surface area contributed by atoms with Crippen LogP contribution in [0.25, 0.3) is 6.08 Å². The zero-order chi connectivity index (χ0) is 20.1. The first-order valence-corrected chi connectivity index (χ1v) is 10.7. The molecule has 0 unspecified atom stereocenters. The van der Waals surface area contributed by atoms with Gasteiger partial charge >= 0.3 is 0 Å². The Morgan fingerprint density at radius 1 is 1.36 bits per heavy atom. The van der Waals surface area contributed by atoms with Gasteiger partial charge in [-0.15, -0.1) is 21.8 Å². The standard InChI is InChI=1S/C17H15ClN4O3S3/c1-22-15(24)12(27-17(22)26)8-10-2-4-11(5-3-10)25-9-13(23)19-16-21-20-14(28-16)6-7-18/h2-5,8H,6-7,9H2,1H3,(H,19,21,23)/b12-8-. The van der Waals surface area contributed by atoms with Gasteiger partial charge in [-0.05, 0) is 23.8 Å². The summed E-state index contributed by atoms with van der Waals surface area (Å²) in [5.41, 5.74) is 0.839. The van der Waals surface area contributed by atoms with Crippen LogP contribution in [0.5, 0.6) is 5.75 Å². The summed E-state index contributed by atoms with van der Waals surface area (Å²) in [7, 11) is 1.65. The summed E-state index contributed by atoms with van der Waals surface area (Å²) in [5, 5.41) is 11.6. The highest BCUT2D eigenvalue weighted by Gasteiger charge is 2.28. The second-order valence-electron chi connectivity index (χ2n) is 5.59. The molecular formula is C17H15ClN4O3S3. The van der Waals surface area contributed by atoms with Crippen LogP contribution < -0.4 is 10.1 Å². The Morgan fingerprint density at radius 2 is 2.11 bits per heavy atom. The molecular weight excluding hydrogens is 440 g/mol. The molecule has 2 aromatic rings. The molecule has 7 nitrogen and oxygen atoms in total. The van der Waals surface area contributed by atoms with E-state index >= 15 is 0 Å². The van der Waals surface area contributed by atoms with E-state index in [1.165, 1.54) is 28.0 Å². The lowest BCUT2D eigenvalue weighted by atomic mass is 10.2. The molecule has 146 valence electrons. The number of hydrogen-bond acceptors (Lipinski definition) is 8. The van der Waals surface area contributed by atoms with Crippen LogP contribution >= 0.6 is 46.9 Å². The maximum Gasteiger partial charge on any atom is 0.265 e. The van der Waals surface area contributed by atoms with E-state index in [4.69, 9.17) is 28.6 Å². The zero-order valence-corrected chi connectivity index (χ0v) is 17.9. The molecule has 0 aliphatic carbocycles. The van der Waals surface area contributed by atoms with Crippen molar-refractivity contribution in [1.82, 2.24) is 15.1 Å². The van der Waals surface area contributed by atoms with Gasteiger partial charge in [0.2, 0.25) is 5.13 Å². The highest BCUT2D eigenvalue weighted by Crippen LogP contribution is 2.31. The molecule has 1 aliphatic heterocycles. The first-order valence-electron chi connectivity index (χ1n) is 8.09. The third kappa shape index (κ3) is 5.28. The van der Waals surface area contributed by atoms with Crippen molar-refractivity contribution in [3.63, 3.8) is 0 Å². The number of nitrogens with zero attached hydrogens (tertiary/aromatic N) is 3. The first kappa shape index (κ1) is 20.7. The van der Waals surface area contributed by atoms with Gasteiger partial charge in [-0.3, -0.25) is 19.8 Å². The number of nitrogens with one attached hydrogen (secondary N) is 1. The van der Waals surface area contributed by atoms with Crippen molar-refractivity contribution in [2.75, 3.05) is 24.9 Å². The molecule has 11 heteroatoms. The van der Waals surface area contributed by atoms with Gasteiger partial charge in [0.25, 0.3) is 11.8 Å². The van der Waals surface area contributed by atoms with Crippen LogP contribution in [0.15, 0.2) is 29.2 Å². The van der Waals surface area contributed by atoms with Gasteiger partial charge in [0.15, 0.2) is 6.61 Å². The van der Waals surface area contributed by atoms with Crippen molar-refractivity contribution in [1.29, 1.82) is 0 Å². The highest BCUT2D eigenvalue weighted by atomic mass is 35.5. The number of rotatable bonds is 7. The number of carbonyl (C=O) groups is 2. The number of ether oxygens (including phenoxy) is 1. The van der Waals surface area contributed by atoms with Gasteiger partial charge in [-0.2, -0.15) is 0 Å². The van der Waals surface area contributed by atoms with Gasteiger partial charge in [0.05, 0.1) is 4.91 Å². The van der Waals surface area contributed by atoms with Crippen LogP contribution in [0, 0.1) is 0 Å². The molecule has 0 atom stereocenters. The summed E-state index contributed by atoms with van der Waals surface area (Å²) < 4.78 is 6.01. The van der Waals surface area contributed by atoms with Gasteiger partial charge < -0.3 is 4.74 Å². The molecule has 1 saturated heterocycles. The summed E-state index contributed by atoms with van der Waals surface area (Å²) in [6.07, 6.45) is 2.38. The fraction of sp³-hybridized carbons (Fsp3) is 0.235. The van der Waals surface area contributed by atoms with E-state index < -0.39 is 0 Å². The van der Waals surface area contributed by atoms with Crippen molar-refractivity contribution in [2.45, 2.75) is 6.42 Å². The molecule has 1 aromatic heterocycles. The lowest BCUT2D eigenvalue weighted by Gasteiger charge is -2.06. The summed E-state index contributed by atoms with van der Waals surface area (Å²) in [5.74, 6) is 0.548. The smallest absolute Gasteiger partial charge is 0.265 e. The largest absolute Gasteiger partial charge is 0.484 e. The van der Waals surface area contributed by atoms with Crippen LogP contribution in [-0.4, -0.2) is 50.8 Å². The van der Waals surface area contributed by atoms with Crippen LogP contribution in [0.1, 0.15) is 10.6 Å². The van der Waals surface area contributed by atoms with E-state index in [1.807, 2.05) is 0 Å². The van der Waals surface area contributed by atoms with E-state index in [0.29, 0.717) is 32.4 Å². The fourth-order valence-electron chi connectivity index (χ4n) is 2.15. The molecule has 0 spiro atoms. The minimum absolute atomic E-state index is 0.113. The van der Waals surface area contributed by atoms with E-state index in [-0.39, 0.29) is 18.4 Å². The van der Waals surface area contributed by atoms with Crippen molar-refractivity contribution >= 4 is 74.3 Å². The summed E-state index contributed by atoms with van der Waals surface area (Å²) in [6.45, 7) is -0.155. The number of thiocarbonyl (C=S) groups is 1. The summed E-state index contributed by atoms with van der Waals surface area (Å²) in [4.78, 5) is 26.0. The average molecular weight is 455 g/mol. The lowest BCUT2D eigenvalue weighted by Crippen LogP contribution is -2.22. The topological polar surface area (TPSA) is 84.4 Å². The van der Waals surface area contributed by atoms with E-state index in [2.05, 4.69) is 15.5 Å². The number of alkyl halides is 1. The Kier molecular flexibility index (Phi) is 7.00. The fourth-order valence-corrected chi connectivity index (χ4v) is 4.37. The van der Waals surface area contributed by atoms with Crippen molar-refractivity contribution in [2.24, 2.45) is 0 Å². The number of anilines is 1. The van der Waals surface area contributed by atoms with Crippen molar-refractivity contribution < 1.29 is 14.3 Å². The van der Waals surface area contributed by atoms with Crippen molar-refractivity contribution in [3.05, 3.63) is 39.7 Å². The van der Waals surface area contributed by atoms with Gasteiger partial charge in [0.1, 0.15) is 15.1 Å². The maximum absolute atomic E-state index is 12.0. The zero-order valence-electron chi connectivity index (χ0n) is 14.7. The van der Waals surface area contributed by atoms with Crippen molar-refractivity contribution in [3.8, 4) is 5.75 Å². The number of likely N-dealkylation sites (N-methyl/N-ethyl adjacent to an activating group) is 1. The van der Waals surface area contributed by atoms with Crippen LogP contribution in [0.4, 0.5) is 5.13 Å². The monoisotopic (exact) mass is 454 g/mol. The van der Waals surface area contributed by atoms with Crippen LogP contribution in [-0.2, 0) is 16.0 Å². The van der Waals surface area contributed by atoms with E-state index in [9.17, 15) is 9.59 Å². The van der Waals surface area contributed by atoms with Gasteiger partial charge in [0, 0.05) is 19.3 Å². The average Bonchev–Trinajstić information content (AvgIpc) is 3.21. The van der Waals surface area contributed by atoms with Gasteiger partial charge in [-0.1, -0.05) is 47.4 Å². The minimum Gasteiger partial charge on any atom is -0.484 e. The van der Waals surface area contributed by atoms with Crippen LogP contribution in [0.3, 0.4) is 0 Å². The number of thioether (sulfide) groups is 1. The van der Waals surface area contributed by atoms with Crippen LogP contribution in [0.2, 0.25) is 0 Å².